The van der Waals surface area contributed by atoms with Gasteiger partial charge in [0.15, 0.2) is 0 Å². The zero-order valence-electron chi connectivity index (χ0n) is 30.8. The van der Waals surface area contributed by atoms with Gasteiger partial charge in [-0.15, -0.1) is 0 Å². The molecular weight excluding hydrogens is 606 g/mol. The van der Waals surface area contributed by atoms with Crippen LogP contribution in [0.3, 0.4) is 0 Å². The molecule has 7 nitrogen and oxygen atoms in total. The van der Waals surface area contributed by atoms with Crippen molar-refractivity contribution < 1.29 is 4.79 Å². The first-order valence-electron chi connectivity index (χ1n) is 17.8. The van der Waals surface area contributed by atoms with Crippen LogP contribution in [0.15, 0.2) is 96.6 Å². The van der Waals surface area contributed by atoms with E-state index in [2.05, 4.69) is 105 Å². The SMILES string of the molecule is C=CNCC(CCC(C)=O)(CC(=C)N)CN(Cc1ccc(C)cc1C)c1ccc(C)cc1.CCCC(CCC)n1c(=O)[nH]c2ccccc21. The molecule has 3 aromatic carbocycles. The fourth-order valence-corrected chi connectivity index (χ4v) is 6.78. The second-order valence-corrected chi connectivity index (χ2v) is 13.8. The summed E-state index contributed by atoms with van der Waals surface area (Å²) in [5, 5.41) is 3.30. The van der Waals surface area contributed by atoms with Crippen LogP contribution >= 0.6 is 0 Å². The molecule has 0 bridgehead atoms. The minimum atomic E-state index is -0.255. The zero-order chi connectivity index (χ0) is 36.0. The Bertz CT molecular complexity index is 1710. The van der Waals surface area contributed by atoms with Crippen LogP contribution < -0.4 is 21.6 Å². The molecule has 0 aliphatic rings. The summed E-state index contributed by atoms with van der Waals surface area (Å²) in [5.74, 6) is 0.187. The molecule has 1 heterocycles. The van der Waals surface area contributed by atoms with Gasteiger partial charge in [0.1, 0.15) is 5.78 Å². The number of hydrogen-bond donors (Lipinski definition) is 3. The fourth-order valence-electron chi connectivity index (χ4n) is 6.78. The number of nitrogens with zero attached hydrogens (tertiary/aromatic N) is 2. The van der Waals surface area contributed by atoms with Crippen molar-refractivity contribution in [2.24, 2.45) is 11.1 Å². The lowest BCUT2D eigenvalue weighted by Crippen LogP contribution is -2.44. The lowest BCUT2D eigenvalue weighted by molar-refractivity contribution is -0.117. The molecule has 0 saturated heterocycles. The van der Waals surface area contributed by atoms with E-state index in [0.29, 0.717) is 31.1 Å². The van der Waals surface area contributed by atoms with Gasteiger partial charge in [-0.3, -0.25) is 4.57 Å². The maximum absolute atomic E-state index is 12.0. The van der Waals surface area contributed by atoms with Crippen LogP contribution in [-0.2, 0) is 11.3 Å². The summed E-state index contributed by atoms with van der Waals surface area (Å²) in [6.07, 6.45) is 7.93. The fraction of sp³-hybridized carbons (Fsp3) is 0.429. The predicted octanol–water partition coefficient (Wildman–Crippen LogP) is 9.04. The first-order chi connectivity index (χ1) is 23.4. The van der Waals surface area contributed by atoms with Gasteiger partial charge in [0.05, 0.1) is 11.0 Å². The summed E-state index contributed by atoms with van der Waals surface area (Å²) >= 11 is 0. The number of aryl methyl sites for hydroxylation is 3. The molecule has 0 spiro atoms. The van der Waals surface area contributed by atoms with E-state index in [-0.39, 0.29) is 16.9 Å². The summed E-state index contributed by atoms with van der Waals surface area (Å²) in [6.45, 7) is 22.4. The van der Waals surface area contributed by atoms with Crippen LogP contribution in [0.2, 0.25) is 0 Å². The molecule has 0 saturated carbocycles. The van der Waals surface area contributed by atoms with Gasteiger partial charge in [-0.1, -0.05) is 93.4 Å². The Labute approximate surface area is 294 Å². The third-order valence-corrected chi connectivity index (χ3v) is 9.25. The number of aromatic amines is 1. The number of hydrogen-bond acceptors (Lipinski definition) is 5. The lowest BCUT2D eigenvalue weighted by atomic mass is 9.77. The van der Waals surface area contributed by atoms with Gasteiger partial charge in [-0.2, -0.15) is 0 Å². The van der Waals surface area contributed by atoms with Crippen molar-refractivity contribution in [2.45, 2.75) is 99.1 Å². The normalized spacial score (nSPS) is 12.2. The average molecular weight is 666 g/mol. The standard InChI is InChI=1S/C28H39N3O.C14H20N2O/c1-7-30-19-28(17-24(5)29,15-14-25(6)32)20-31(27-12-9-21(2)10-13-27)18-26-11-8-22(3)16-23(26)4;1-3-7-11(8-4-2)16-13-10-6-5-9-12(13)15-14(16)17/h7-13,16,30H,1,5,14-15,17-20,29H2,2-4,6H3;5-6,9-11H,3-4,7-8H2,1-2H3,(H,15,17). The maximum Gasteiger partial charge on any atom is 0.326 e. The van der Waals surface area contributed by atoms with Crippen LogP contribution in [0, 0.1) is 26.2 Å². The van der Waals surface area contributed by atoms with Crippen molar-refractivity contribution in [2.75, 3.05) is 18.0 Å². The number of imidazole rings is 1. The van der Waals surface area contributed by atoms with E-state index in [1.54, 1.807) is 13.1 Å². The summed E-state index contributed by atoms with van der Waals surface area (Å²) in [6, 6.07) is 23.5. The molecular formula is C42H59N5O2. The van der Waals surface area contributed by atoms with Crippen molar-refractivity contribution in [1.29, 1.82) is 0 Å². The second kappa shape index (κ2) is 18.9. The summed E-state index contributed by atoms with van der Waals surface area (Å²) in [7, 11) is 0. The first kappa shape index (κ1) is 38.9. The number of para-hydroxylation sites is 2. The van der Waals surface area contributed by atoms with Crippen LogP contribution in [0.4, 0.5) is 5.69 Å². The van der Waals surface area contributed by atoms with Crippen LogP contribution in [0.1, 0.15) is 94.0 Å². The van der Waals surface area contributed by atoms with Gasteiger partial charge >= 0.3 is 5.69 Å². The van der Waals surface area contributed by atoms with Crippen molar-refractivity contribution >= 4 is 22.5 Å². The quantitative estimate of drug-likeness (QED) is 0.0986. The smallest absolute Gasteiger partial charge is 0.326 e. The number of Topliss-reactive ketones (excluding diaryl/α,β-unsaturated/α-hetero) is 1. The number of nitrogens with two attached hydrogens (primary N) is 1. The summed E-state index contributed by atoms with van der Waals surface area (Å²) in [4.78, 5) is 29.3. The number of carbonyl (C=O) groups excluding carboxylic acids is 1. The molecule has 0 radical (unpaired) electrons. The lowest BCUT2D eigenvalue weighted by Gasteiger charge is -2.40. The molecule has 49 heavy (non-hydrogen) atoms. The van der Waals surface area contributed by atoms with E-state index in [1.807, 2.05) is 28.8 Å². The third kappa shape index (κ3) is 11.6. The van der Waals surface area contributed by atoms with Gasteiger partial charge < -0.3 is 25.7 Å². The number of benzene rings is 3. The number of H-pyrrole nitrogens is 1. The Balaban J connectivity index is 0.000000319. The van der Waals surface area contributed by atoms with Crippen LogP contribution in [0.25, 0.3) is 11.0 Å². The van der Waals surface area contributed by atoms with E-state index < -0.39 is 0 Å². The van der Waals surface area contributed by atoms with E-state index in [1.165, 1.54) is 22.3 Å². The minimum absolute atomic E-state index is 0.0260. The first-order valence-corrected chi connectivity index (χ1v) is 17.8. The number of allylic oxidation sites excluding steroid dienone is 1. The molecule has 4 N–H and O–H groups in total. The average Bonchev–Trinajstić information content (AvgIpc) is 3.39. The molecule has 1 atom stereocenters. The highest BCUT2D eigenvalue weighted by atomic mass is 16.1. The molecule has 4 rings (SSSR count). The summed E-state index contributed by atoms with van der Waals surface area (Å²) < 4.78 is 1.93. The van der Waals surface area contributed by atoms with E-state index in [9.17, 15) is 9.59 Å². The molecule has 1 aromatic heterocycles. The number of ketones is 1. The second-order valence-electron chi connectivity index (χ2n) is 13.8. The molecule has 264 valence electrons. The largest absolute Gasteiger partial charge is 0.402 e. The van der Waals surface area contributed by atoms with Crippen molar-refractivity contribution in [3.8, 4) is 0 Å². The number of aromatic nitrogens is 2. The molecule has 1 unspecified atom stereocenters. The minimum Gasteiger partial charge on any atom is -0.402 e. The van der Waals surface area contributed by atoms with Crippen molar-refractivity contribution in [1.82, 2.24) is 14.9 Å². The van der Waals surface area contributed by atoms with E-state index in [0.717, 1.165) is 61.9 Å². The van der Waals surface area contributed by atoms with Gasteiger partial charge in [0.2, 0.25) is 0 Å². The number of rotatable bonds is 18. The molecule has 4 aromatic rings. The van der Waals surface area contributed by atoms with Gasteiger partial charge in [0, 0.05) is 48.9 Å². The highest BCUT2D eigenvalue weighted by molar-refractivity contribution is 5.75. The van der Waals surface area contributed by atoms with Crippen molar-refractivity contribution in [3.05, 3.63) is 125 Å². The molecule has 7 heteroatoms. The Hall–Kier alpha value is -4.52. The van der Waals surface area contributed by atoms with E-state index in [4.69, 9.17) is 5.73 Å². The monoisotopic (exact) mass is 665 g/mol. The van der Waals surface area contributed by atoms with Crippen LogP contribution in [0.5, 0.6) is 0 Å². The van der Waals surface area contributed by atoms with Crippen molar-refractivity contribution in [3.63, 3.8) is 0 Å². The highest BCUT2D eigenvalue weighted by Gasteiger charge is 2.33. The Morgan fingerprint density at radius 2 is 1.67 bits per heavy atom. The Morgan fingerprint density at radius 1 is 1.02 bits per heavy atom. The predicted molar refractivity (Wildman–Crippen MR) is 208 cm³/mol. The Morgan fingerprint density at radius 3 is 2.27 bits per heavy atom. The van der Waals surface area contributed by atoms with Gasteiger partial charge in [-0.05, 0) is 95.0 Å². The summed E-state index contributed by atoms with van der Waals surface area (Å²) in [5.41, 5.74) is 14.7. The van der Waals surface area contributed by atoms with Gasteiger partial charge in [0.25, 0.3) is 0 Å². The third-order valence-electron chi connectivity index (χ3n) is 9.25. The number of nitrogens with one attached hydrogen (secondary N) is 2. The number of fused-ring (bicyclic) bond motifs is 1. The van der Waals surface area contributed by atoms with Gasteiger partial charge in [-0.25, -0.2) is 4.79 Å². The molecule has 0 amide bonds. The molecule has 0 aliphatic carbocycles. The molecule has 0 aliphatic heterocycles. The highest BCUT2D eigenvalue weighted by Crippen LogP contribution is 2.34. The maximum atomic E-state index is 12.0. The number of anilines is 1. The topological polar surface area (TPSA) is 96.2 Å². The molecule has 0 fully saturated rings. The zero-order valence-corrected chi connectivity index (χ0v) is 30.8. The Kier molecular flexibility index (Phi) is 15.0. The van der Waals surface area contributed by atoms with E-state index >= 15 is 0 Å². The van der Waals surface area contributed by atoms with Crippen LogP contribution in [-0.4, -0.2) is 28.4 Å². The number of carbonyl (C=O) groups is 1.